The van der Waals surface area contributed by atoms with Crippen LogP contribution in [0.3, 0.4) is 0 Å². The first kappa shape index (κ1) is 33.2. The van der Waals surface area contributed by atoms with E-state index in [9.17, 15) is 26.7 Å². The molecule has 0 aliphatic rings. The molecule has 3 aromatic carbocycles. The number of carbonyl (C=O) groups excluding carboxylic acids is 1. The number of alkyl halides is 3. The Morgan fingerprint density at radius 1 is 0.810 bits per heavy atom. The first-order chi connectivity index (χ1) is 19.7. The fourth-order valence-electron chi connectivity index (χ4n) is 4.99. The molecule has 0 saturated heterocycles. The number of esters is 1. The van der Waals surface area contributed by atoms with Crippen LogP contribution in [0.5, 0.6) is 0 Å². The van der Waals surface area contributed by atoms with Gasteiger partial charge in [-0.1, -0.05) is 52.0 Å². The lowest BCUT2D eigenvalue weighted by Gasteiger charge is -2.25. The number of benzene rings is 3. The average Bonchev–Trinajstić information content (AvgIpc) is 2.89. The van der Waals surface area contributed by atoms with Crippen LogP contribution in [0.4, 0.5) is 22.0 Å². The second kappa shape index (κ2) is 14.8. The molecular formula is C34H40F5NO2. The van der Waals surface area contributed by atoms with E-state index in [2.05, 4.69) is 18.7 Å². The molecule has 0 aliphatic carbocycles. The maximum atomic E-state index is 14.0. The molecular weight excluding hydrogens is 549 g/mol. The molecule has 3 nitrogen and oxygen atoms in total. The topological polar surface area (TPSA) is 29.5 Å². The van der Waals surface area contributed by atoms with Gasteiger partial charge in [-0.25, -0.2) is 8.78 Å². The highest BCUT2D eigenvalue weighted by Crippen LogP contribution is 2.34. The average molecular weight is 590 g/mol. The molecule has 0 amide bonds. The van der Waals surface area contributed by atoms with E-state index in [1.54, 1.807) is 6.92 Å². The van der Waals surface area contributed by atoms with Crippen molar-refractivity contribution in [2.45, 2.75) is 72.6 Å². The molecule has 0 bridgehead atoms. The molecule has 0 saturated carbocycles. The van der Waals surface area contributed by atoms with Crippen molar-refractivity contribution in [2.24, 2.45) is 11.8 Å². The van der Waals surface area contributed by atoms with Crippen molar-refractivity contribution < 1.29 is 31.5 Å². The third-order valence-corrected chi connectivity index (χ3v) is 7.00. The van der Waals surface area contributed by atoms with Gasteiger partial charge in [-0.2, -0.15) is 13.2 Å². The van der Waals surface area contributed by atoms with E-state index in [1.807, 2.05) is 32.0 Å². The third-order valence-electron chi connectivity index (χ3n) is 7.00. The number of rotatable bonds is 13. The standard InChI is InChI=1S/C34H40F5NO2/c1-6-42-33(41)32(13-23(4)5)28-15-24(14-27(18-28)26-7-9-29(10-8-26)34(37,38)39)20-40(12-11-22(2)3)21-25-16-30(35)19-31(36)17-25/h7-10,14-19,22-23,32H,6,11-13,20-21H2,1-5H3. The first-order valence-electron chi connectivity index (χ1n) is 14.4. The van der Waals surface area contributed by atoms with Gasteiger partial charge in [0.15, 0.2) is 0 Å². The lowest BCUT2D eigenvalue weighted by atomic mass is 9.87. The van der Waals surface area contributed by atoms with Crippen LogP contribution in [0.15, 0.2) is 60.7 Å². The van der Waals surface area contributed by atoms with Crippen molar-refractivity contribution >= 4 is 5.97 Å². The van der Waals surface area contributed by atoms with Crippen molar-refractivity contribution in [1.29, 1.82) is 0 Å². The Bertz CT molecular complexity index is 1300. The van der Waals surface area contributed by atoms with E-state index in [4.69, 9.17) is 4.74 Å². The monoisotopic (exact) mass is 589 g/mol. The van der Waals surface area contributed by atoms with Gasteiger partial charge in [-0.15, -0.1) is 0 Å². The quantitative estimate of drug-likeness (QED) is 0.147. The van der Waals surface area contributed by atoms with Crippen LogP contribution in [0.25, 0.3) is 11.1 Å². The summed E-state index contributed by atoms with van der Waals surface area (Å²) in [6, 6.07) is 14.1. The zero-order valence-corrected chi connectivity index (χ0v) is 24.9. The third kappa shape index (κ3) is 9.93. The van der Waals surface area contributed by atoms with Gasteiger partial charge in [-0.05, 0) is 96.3 Å². The Morgan fingerprint density at radius 2 is 1.40 bits per heavy atom. The summed E-state index contributed by atoms with van der Waals surface area (Å²) in [4.78, 5) is 15.2. The molecule has 228 valence electrons. The van der Waals surface area contributed by atoms with Crippen LogP contribution in [0, 0.1) is 23.5 Å². The maximum absolute atomic E-state index is 14.0. The summed E-state index contributed by atoms with van der Waals surface area (Å²) in [5.74, 6) is -1.63. The van der Waals surface area contributed by atoms with Crippen molar-refractivity contribution in [3.63, 3.8) is 0 Å². The Labute approximate surface area is 245 Å². The molecule has 0 aromatic heterocycles. The van der Waals surface area contributed by atoms with Gasteiger partial charge in [-0.3, -0.25) is 9.69 Å². The van der Waals surface area contributed by atoms with Crippen molar-refractivity contribution in [1.82, 2.24) is 4.90 Å². The minimum absolute atomic E-state index is 0.183. The molecule has 42 heavy (non-hydrogen) atoms. The van der Waals surface area contributed by atoms with Gasteiger partial charge in [0.25, 0.3) is 0 Å². The van der Waals surface area contributed by atoms with Crippen LogP contribution >= 0.6 is 0 Å². The summed E-state index contributed by atoms with van der Waals surface area (Å²) < 4.78 is 73.1. The van der Waals surface area contributed by atoms with E-state index in [1.165, 1.54) is 24.3 Å². The fraction of sp³-hybridized carbons (Fsp3) is 0.441. The predicted octanol–water partition coefficient (Wildman–Crippen LogP) is 9.39. The van der Waals surface area contributed by atoms with Gasteiger partial charge >= 0.3 is 12.1 Å². The van der Waals surface area contributed by atoms with Crippen molar-refractivity contribution in [3.8, 4) is 11.1 Å². The Hall–Kier alpha value is -3.26. The van der Waals surface area contributed by atoms with Gasteiger partial charge in [0.05, 0.1) is 18.1 Å². The van der Waals surface area contributed by atoms with Crippen molar-refractivity contribution in [2.75, 3.05) is 13.2 Å². The van der Waals surface area contributed by atoms with Gasteiger partial charge in [0.1, 0.15) is 11.6 Å². The second-order valence-corrected chi connectivity index (χ2v) is 11.6. The molecule has 0 radical (unpaired) electrons. The highest BCUT2D eigenvalue weighted by atomic mass is 19.4. The molecule has 0 aliphatic heterocycles. The number of hydrogen-bond donors (Lipinski definition) is 0. The molecule has 3 aromatic rings. The SMILES string of the molecule is CCOC(=O)C(CC(C)C)c1cc(CN(CCC(C)C)Cc2cc(F)cc(F)c2)cc(-c2ccc(C(F)(F)F)cc2)c1. The van der Waals surface area contributed by atoms with E-state index >= 15 is 0 Å². The molecule has 1 atom stereocenters. The summed E-state index contributed by atoms with van der Waals surface area (Å²) in [5.41, 5.74) is 2.57. The predicted molar refractivity (Wildman–Crippen MR) is 156 cm³/mol. The van der Waals surface area contributed by atoms with E-state index in [0.29, 0.717) is 48.7 Å². The largest absolute Gasteiger partial charge is 0.466 e. The maximum Gasteiger partial charge on any atom is 0.416 e. The molecule has 0 heterocycles. The summed E-state index contributed by atoms with van der Waals surface area (Å²) in [5, 5.41) is 0. The number of nitrogens with zero attached hydrogens (tertiary/aromatic N) is 1. The van der Waals surface area contributed by atoms with Crippen LogP contribution < -0.4 is 0 Å². The molecule has 1 unspecified atom stereocenters. The first-order valence-corrected chi connectivity index (χ1v) is 14.4. The molecule has 0 fully saturated rings. The fourth-order valence-corrected chi connectivity index (χ4v) is 4.99. The van der Waals surface area contributed by atoms with E-state index in [-0.39, 0.29) is 18.5 Å². The van der Waals surface area contributed by atoms with Crippen molar-refractivity contribution in [3.05, 3.63) is 94.6 Å². The van der Waals surface area contributed by atoms with Gasteiger partial charge in [0.2, 0.25) is 0 Å². The molecule has 3 rings (SSSR count). The van der Waals surface area contributed by atoms with Crippen LogP contribution in [0.1, 0.15) is 75.6 Å². The molecule has 8 heteroatoms. The Kier molecular flexibility index (Phi) is 11.7. The van der Waals surface area contributed by atoms with Gasteiger partial charge < -0.3 is 4.74 Å². The van der Waals surface area contributed by atoms with Crippen LogP contribution in [0.2, 0.25) is 0 Å². The summed E-state index contributed by atoms with van der Waals surface area (Å²) >= 11 is 0. The second-order valence-electron chi connectivity index (χ2n) is 11.6. The van der Waals surface area contributed by atoms with E-state index < -0.39 is 29.3 Å². The number of carbonyl (C=O) groups is 1. The number of halogens is 5. The summed E-state index contributed by atoms with van der Waals surface area (Å²) in [6.45, 7) is 11.6. The highest BCUT2D eigenvalue weighted by molar-refractivity contribution is 5.79. The Morgan fingerprint density at radius 3 is 1.93 bits per heavy atom. The lowest BCUT2D eigenvalue weighted by Crippen LogP contribution is -2.25. The smallest absolute Gasteiger partial charge is 0.416 e. The van der Waals surface area contributed by atoms with Crippen LogP contribution in [-0.4, -0.2) is 24.0 Å². The molecule has 0 N–H and O–H groups in total. The normalized spacial score (nSPS) is 12.8. The highest BCUT2D eigenvalue weighted by Gasteiger charge is 2.30. The summed E-state index contributed by atoms with van der Waals surface area (Å²) in [6.07, 6.45) is -3.07. The minimum Gasteiger partial charge on any atom is -0.466 e. The Balaban J connectivity index is 2.08. The molecule has 0 spiro atoms. The zero-order valence-electron chi connectivity index (χ0n) is 24.9. The number of ether oxygens (including phenoxy) is 1. The lowest BCUT2D eigenvalue weighted by molar-refractivity contribution is -0.145. The summed E-state index contributed by atoms with van der Waals surface area (Å²) in [7, 11) is 0. The van der Waals surface area contributed by atoms with E-state index in [0.717, 1.165) is 35.7 Å². The zero-order chi connectivity index (χ0) is 31.0. The minimum atomic E-state index is -4.45. The number of hydrogen-bond acceptors (Lipinski definition) is 3. The van der Waals surface area contributed by atoms with Gasteiger partial charge in [0, 0.05) is 19.2 Å². The van der Waals surface area contributed by atoms with Crippen LogP contribution in [-0.2, 0) is 28.8 Å².